The third-order valence-corrected chi connectivity index (χ3v) is 2.79. The molecule has 0 radical (unpaired) electrons. The molecule has 1 aromatic carbocycles. The average molecular weight is 221 g/mol. The molecule has 1 heterocycles. The Hall–Kier alpha value is -1.55. The minimum absolute atomic E-state index is 0.129. The normalized spacial score (nSPS) is 15.8. The minimum atomic E-state index is 0.129. The summed E-state index contributed by atoms with van der Waals surface area (Å²) in [6.07, 6.45) is 0. The van der Waals surface area contributed by atoms with Crippen LogP contribution in [0.15, 0.2) is 12.1 Å². The Bertz CT molecular complexity index is 429. The predicted octanol–water partition coefficient (Wildman–Crippen LogP) is 1.33. The highest BCUT2D eigenvalue weighted by atomic mass is 16.5. The second kappa shape index (κ2) is 4.14. The molecule has 1 aromatic rings. The van der Waals surface area contributed by atoms with Gasteiger partial charge in [0.25, 0.3) is 0 Å². The van der Waals surface area contributed by atoms with E-state index in [1.54, 1.807) is 20.3 Å². The van der Waals surface area contributed by atoms with Crippen LogP contribution in [0.25, 0.3) is 0 Å². The van der Waals surface area contributed by atoms with Crippen molar-refractivity contribution in [3.05, 3.63) is 23.3 Å². The number of hydrogen-bond donors (Lipinski definition) is 0. The van der Waals surface area contributed by atoms with Gasteiger partial charge < -0.3 is 9.47 Å². The van der Waals surface area contributed by atoms with Gasteiger partial charge in [0.15, 0.2) is 17.3 Å². The molecule has 0 spiro atoms. The van der Waals surface area contributed by atoms with Crippen LogP contribution in [-0.4, -0.2) is 38.5 Å². The second-order valence-electron chi connectivity index (χ2n) is 3.92. The van der Waals surface area contributed by atoms with Crippen molar-refractivity contribution < 1.29 is 14.3 Å². The fourth-order valence-electron chi connectivity index (χ4n) is 2.07. The predicted molar refractivity (Wildman–Crippen MR) is 60.2 cm³/mol. The molecule has 0 atom stereocenters. The van der Waals surface area contributed by atoms with E-state index in [1.807, 2.05) is 18.0 Å². The molecule has 0 unspecified atom stereocenters. The van der Waals surface area contributed by atoms with Crippen molar-refractivity contribution in [1.29, 1.82) is 0 Å². The summed E-state index contributed by atoms with van der Waals surface area (Å²) in [7, 11) is 5.11. The quantitative estimate of drug-likeness (QED) is 0.755. The van der Waals surface area contributed by atoms with Crippen molar-refractivity contribution in [1.82, 2.24) is 4.90 Å². The topological polar surface area (TPSA) is 38.8 Å². The van der Waals surface area contributed by atoms with E-state index in [0.717, 1.165) is 11.1 Å². The molecule has 86 valence electrons. The van der Waals surface area contributed by atoms with Gasteiger partial charge in [-0.25, -0.2) is 0 Å². The maximum absolute atomic E-state index is 11.8. The molecule has 1 aliphatic rings. The van der Waals surface area contributed by atoms with Crippen LogP contribution in [0, 0.1) is 0 Å². The van der Waals surface area contributed by atoms with Crippen LogP contribution in [-0.2, 0) is 6.54 Å². The van der Waals surface area contributed by atoms with E-state index in [2.05, 4.69) is 0 Å². The number of ether oxygens (including phenoxy) is 2. The Morgan fingerprint density at radius 1 is 1.19 bits per heavy atom. The van der Waals surface area contributed by atoms with Gasteiger partial charge in [0.1, 0.15) is 0 Å². The Kier molecular flexibility index (Phi) is 2.83. The maximum Gasteiger partial charge on any atom is 0.177 e. The number of fused-ring (bicyclic) bond motifs is 1. The summed E-state index contributed by atoms with van der Waals surface area (Å²) in [5.41, 5.74) is 1.66. The summed E-state index contributed by atoms with van der Waals surface area (Å²) < 4.78 is 10.5. The highest BCUT2D eigenvalue weighted by molar-refractivity contribution is 6.00. The van der Waals surface area contributed by atoms with Crippen molar-refractivity contribution in [2.75, 3.05) is 27.8 Å². The number of carbonyl (C=O) groups excluding carboxylic acids is 1. The SMILES string of the molecule is COc1ccc2c(c1OC)CN(C)CC2=O. The summed E-state index contributed by atoms with van der Waals surface area (Å²) >= 11 is 0. The first-order valence-corrected chi connectivity index (χ1v) is 5.13. The molecule has 0 amide bonds. The lowest BCUT2D eigenvalue weighted by molar-refractivity contribution is 0.0920. The summed E-state index contributed by atoms with van der Waals surface area (Å²) in [4.78, 5) is 13.8. The monoisotopic (exact) mass is 221 g/mol. The van der Waals surface area contributed by atoms with E-state index in [4.69, 9.17) is 9.47 Å². The Balaban J connectivity index is 2.58. The molecule has 16 heavy (non-hydrogen) atoms. The molecule has 0 bridgehead atoms. The standard InChI is InChI=1S/C12H15NO3/c1-13-6-9-8(10(14)7-13)4-5-11(15-2)12(9)16-3/h4-5H,6-7H2,1-3H3. The molecular formula is C12H15NO3. The first-order chi connectivity index (χ1) is 7.67. The molecule has 0 aromatic heterocycles. The number of rotatable bonds is 2. The molecule has 0 fully saturated rings. The number of benzene rings is 1. The summed E-state index contributed by atoms with van der Waals surface area (Å²) in [6.45, 7) is 1.17. The molecule has 0 saturated heterocycles. The van der Waals surface area contributed by atoms with Gasteiger partial charge in [-0.2, -0.15) is 0 Å². The molecule has 0 saturated carbocycles. The van der Waals surface area contributed by atoms with E-state index < -0.39 is 0 Å². The third-order valence-electron chi connectivity index (χ3n) is 2.79. The van der Waals surface area contributed by atoms with E-state index in [9.17, 15) is 4.79 Å². The Labute approximate surface area is 94.8 Å². The van der Waals surface area contributed by atoms with Crippen LogP contribution in [0.1, 0.15) is 15.9 Å². The maximum atomic E-state index is 11.8. The smallest absolute Gasteiger partial charge is 0.177 e. The molecule has 2 rings (SSSR count). The lowest BCUT2D eigenvalue weighted by atomic mass is 9.97. The number of likely N-dealkylation sites (N-methyl/N-ethyl adjacent to an activating group) is 1. The Morgan fingerprint density at radius 2 is 1.94 bits per heavy atom. The van der Waals surface area contributed by atoms with Crippen molar-refractivity contribution in [2.24, 2.45) is 0 Å². The van der Waals surface area contributed by atoms with Gasteiger partial charge in [-0.1, -0.05) is 0 Å². The van der Waals surface area contributed by atoms with Crippen LogP contribution in [0.2, 0.25) is 0 Å². The highest BCUT2D eigenvalue weighted by Crippen LogP contribution is 2.35. The second-order valence-corrected chi connectivity index (χ2v) is 3.92. The molecule has 0 aliphatic carbocycles. The van der Waals surface area contributed by atoms with Crippen LogP contribution >= 0.6 is 0 Å². The van der Waals surface area contributed by atoms with Gasteiger partial charge in [0, 0.05) is 17.7 Å². The van der Waals surface area contributed by atoms with Crippen molar-refractivity contribution in [3.63, 3.8) is 0 Å². The zero-order valence-electron chi connectivity index (χ0n) is 9.74. The lowest BCUT2D eigenvalue weighted by Gasteiger charge is -2.26. The fourth-order valence-corrected chi connectivity index (χ4v) is 2.07. The zero-order chi connectivity index (χ0) is 11.7. The number of nitrogens with zero attached hydrogens (tertiary/aromatic N) is 1. The Morgan fingerprint density at radius 3 is 2.56 bits per heavy atom. The third kappa shape index (κ3) is 1.65. The van der Waals surface area contributed by atoms with Crippen LogP contribution in [0.4, 0.5) is 0 Å². The van der Waals surface area contributed by atoms with Gasteiger partial charge >= 0.3 is 0 Å². The number of hydrogen-bond acceptors (Lipinski definition) is 4. The first kappa shape index (κ1) is 11.0. The summed E-state index contributed by atoms with van der Waals surface area (Å²) in [5.74, 6) is 1.47. The molecule has 0 N–H and O–H groups in total. The van der Waals surface area contributed by atoms with Gasteiger partial charge in [-0.05, 0) is 19.2 Å². The van der Waals surface area contributed by atoms with Gasteiger partial charge in [0.2, 0.25) is 0 Å². The van der Waals surface area contributed by atoms with E-state index >= 15 is 0 Å². The fraction of sp³-hybridized carbons (Fsp3) is 0.417. The van der Waals surface area contributed by atoms with Crippen LogP contribution < -0.4 is 9.47 Å². The molecule has 4 heteroatoms. The zero-order valence-corrected chi connectivity index (χ0v) is 9.74. The van der Waals surface area contributed by atoms with Gasteiger partial charge in [-0.15, -0.1) is 0 Å². The molecule has 1 aliphatic heterocycles. The van der Waals surface area contributed by atoms with Gasteiger partial charge in [0.05, 0.1) is 20.8 Å². The van der Waals surface area contributed by atoms with E-state index in [1.165, 1.54) is 0 Å². The number of methoxy groups -OCH3 is 2. The number of carbonyl (C=O) groups is 1. The van der Waals surface area contributed by atoms with Crippen molar-refractivity contribution >= 4 is 5.78 Å². The lowest BCUT2D eigenvalue weighted by Crippen LogP contribution is -2.32. The van der Waals surface area contributed by atoms with Gasteiger partial charge in [-0.3, -0.25) is 9.69 Å². The first-order valence-electron chi connectivity index (χ1n) is 5.13. The highest BCUT2D eigenvalue weighted by Gasteiger charge is 2.25. The van der Waals surface area contributed by atoms with Crippen LogP contribution in [0.3, 0.4) is 0 Å². The minimum Gasteiger partial charge on any atom is -0.493 e. The van der Waals surface area contributed by atoms with E-state index in [-0.39, 0.29) is 5.78 Å². The number of ketones is 1. The van der Waals surface area contributed by atoms with Crippen molar-refractivity contribution in [3.8, 4) is 11.5 Å². The molecular weight excluding hydrogens is 206 g/mol. The number of Topliss-reactive ketones (excluding diaryl/α,β-unsaturated/α-hetero) is 1. The molecule has 4 nitrogen and oxygen atoms in total. The van der Waals surface area contributed by atoms with E-state index in [0.29, 0.717) is 24.6 Å². The van der Waals surface area contributed by atoms with Crippen LogP contribution in [0.5, 0.6) is 11.5 Å². The summed E-state index contributed by atoms with van der Waals surface area (Å²) in [6, 6.07) is 3.59. The summed E-state index contributed by atoms with van der Waals surface area (Å²) in [5, 5.41) is 0. The average Bonchev–Trinajstić information content (AvgIpc) is 2.27. The largest absolute Gasteiger partial charge is 0.493 e. The van der Waals surface area contributed by atoms with Crippen molar-refractivity contribution in [2.45, 2.75) is 6.54 Å².